The highest BCUT2D eigenvalue weighted by molar-refractivity contribution is 7.89. The second kappa shape index (κ2) is 7.46. The van der Waals surface area contributed by atoms with Gasteiger partial charge >= 0.3 is 0 Å². The number of benzene rings is 1. The predicted molar refractivity (Wildman–Crippen MR) is 93.9 cm³/mol. The molecule has 0 spiro atoms. The second-order valence-corrected chi connectivity index (χ2v) is 8.93. The summed E-state index contributed by atoms with van der Waals surface area (Å²) in [5, 5.41) is 4.06. The van der Waals surface area contributed by atoms with E-state index in [1.807, 2.05) is 6.07 Å². The molecule has 1 aliphatic carbocycles. The Hall–Kier alpha value is -1.77. The zero-order chi connectivity index (χ0) is 18.0. The lowest BCUT2D eigenvalue weighted by molar-refractivity contribution is 0.0894. The summed E-state index contributed by atoms with van der Waals surface area (Å²) in [5.74, 6) is 1.98. The van der Waals surface area contributed by atoms with E-state index in [-0.39, 0.29) is 5.92 Å². The van der Waals surface area contributed by atoms with Crippen molar-refractivity contribution in [3.8, 4) is 0 Å². The molecule has 1 saturated heterocycles. The van der Waals surface area contributed by atoms with Crippen LogP contribution in [0, 0.1) is 5.92 Å². The van der Waals surface area contributed by atoms with Gasteiger partial charge in [-0.1, -0.05) is 23.4 Å². The van der Waals surface area contributed by atoms with Gasteiger partial charge in [0.05, 0.1) is 11.5 Å². The van der Waals surface area contributed by atoms with Gasteiger partial charge in [-0.2, -0.15) is 9.29 Å². The zero-order valence-electron chi connectivity index (χ0n) is 14.6. The van der Waals surface area contributed by atoms with Crippen LogP contribution in [0.15, 0.2) is 39.8 Å². The van der Waals surface area contributed by atoms with Crippen molar-refractivity contribution in [2.24, 2.45) is 5.92 Å². The van der Waals surface area contributed by atoms with E-state index in [0.29, 0.717) is 55.1 Å². The third kappa shape index (κ3) is 3.97. The molecule has 0 radical (unpaired) electrons. The SMILES string of the molecule is O=S(=O)(c1ccccc1)N1CCC(c2noc(COCC3CC3)n2)CC1. The van der Waals surface area contributed by atoms with Gasteiger partial charge in [0.2, 0.25) is 10.0 Å². The maximum absolute atomic E-state index is 12.7. The van der Waals surface area contributed by atoms with Crippen molar-refractivity contribution in [1.29, 1.82) is 0 Å². The monoisotopic (exact) mass is 377 g/mol. The Labute approximate surface area is 153 Å². The quantitative estimate of drug-likeness (QED) is 0.737. The molecular formula is C18H23N3O4S. The highest BCUT2D eigenvalue weighted by Gasteiger charge is 2.31. The normalized spacial score (nSPS) is 19.7. The number of ether oxygens (including phenoxy) is 1. The van der Waals surface area contributed by atoms with E-state index in [4.69, 9.17) is 9.26 Å². The summed E-state index contributed by atoms with van der Waals surface area (Å²) in [5.41, 5.74) is 0. The van der Waals surface area contributed by atoms with Crippen molar-refractivity contribution in [2.45, 2.75) is 43.1 Å². The van der Waals surface area contributed by atoms with Gasteiger partial charge in [0.1, 0.15) is 6.61 Å². The Bertz CT molecular complexity index is 825. The maximum atomic E-state index is 12.7. The molecule has 140 valence electrons. The fourth-order valence-electron chi connectivity index (χ4n) is 3.19. The number of hydrogen-bond acceptors (Lipinski definition) is 6. The van der Waals surface area contributed by atoms with Crippen LogP contribution in [0.3, 0.4) is 0 Å². The molecule has 8 heteroatoms. The molecule has 0 bridgehead atoms. The fraction of sp³-hybridized carbons (Fsp3) is 0.556. The summed E-state index contributed by atoms with van der Waals surface area (Å²) in [4.78, 5) is 4.77. The van der Waals surface area contributed by atoms with Crippen molar-refractivity contribution in [3.63, 3.8) is 0 Å². The van der Waals surface area contributed by atoms with E-state index >= 15 is 0 Å². The maximum Gasteiger partial charge on any atom is 0.252 e. The highest BCUT2D eigenvalue weighted by Crippen LogP contribution is 2.30. The molecule has 0 N–H and O–H groups in total. The number of sulfonamides is 1. The van der Waals surface area contributed by atoms with Crippen LogP contribution >= 0.6 is 0 Å². The topological polar surface area (TPSA) is 85.5 Å². The lowest BCUT2D eigenvalue weighted by atomic mass is 9.98. The summed E-state index contributed by atoms with van der Waals surface area (Å²) in [7, 11) is -3.43. The average molecular weight is 377 g/mol. The highest BCUT2D eigenvalue weighted by atomic mass is 32.2. The first kappa shape index (κ1) is 17.6. The van der Waals surface area contributed by atoms with Gasteiger partial charge in [-0.15, -0.1) is 0 Å². The molecule has 0 atom stereocenters. The molecule has 0 unspecified atom stereocenters. The molecule has 26 heavy (non-hydrogen) atoms. The van der Waals surface area contributed by atoms with Crippen LogP contribution in [0.4, 0.5) is 0 Å². The van der Waals surface area contributed by atoms with Gasteiger partial charge in [0, 0.05) is 19.0 Å². The van der Waals surface area contributed by atoms with Gasteiger partial charge < -0.3 is 9.26 Å². The van der Waals surface area contributed by atoms with Crippen molar-refractivity contribution in [1.82, 2.24) is 14.4 Å². The molecule has 2 aliphatic rings. The standard InChI is InChI=1S/C18H23N3O4S/c22-26(23,16-4-2-1-3-5-16)21-10-8-15(9-11-21)18-19-17(25-20-18)13-24-12-14-6-7-14/h1-5,14-15H,6-13H2. The number of hydrogen-bond donors (Lipinski definition) is 0. The largest absolute Gasteiger partial charge is 0.371 e. The first-order valence-electron chi connectivity index (χ1n) is 9.08. The van der Waals surface area contributed by atoms with Crippen LogP contribution in [0.2, 0.25) is 0 Å². The second-order valence-electron chi connectivity index (χ2n) is 7.00. The third-order valence-electron chi connectivity index (χ3n) is 4.96. The molecular weight excluding hydrogens is 354 g/mol. The van der Waals surface area contributed by atoms with Crippen LogP contribution in [0.1, 0.15) is 43.3 Å². The molecule has 2 heterocycles. The van der Waals surface area contributed by atoms with Crippen LogP contribution < -0.4 is 0 Å². The van der Waals surface area contributed by atoms with E-state index in [1.165, 1.54) is 12.8 Å². The van der Waals surface area contributed by atoms with Crippen LogP contribution in [-0.2, 0) is 21.4 Å². The predicted octanol–water partition coefficient (Wildman–Crippen LogP) is 2.56. The molecule has 4 rings (SSSR count). The minimum absolute atomic E-state index is 0.123. The van der Waals surface area contributed by atoms with E-state index in [0.717, 1.165) is 6.61 Å². The molecule has 7 nitrogen and oxygen atoms in total. The molecule has 2 aromatic rings. The summed E-state index contributed by atoms with van der Waals surface area (Å²) >= 11 is 0. The summed E-state index contributed by atoms with van der Waals surface area (Å²) < 4.78 is 37.7. The van der Waals surface area contributed by atoms with Gasteiger partial charge in [0.15, 0.2) is 5.82 Å². The summed E-state index contributed by atoms with van der Waals surface area (Å²) in [6.07, 6.45) is 3.88. The minimum Gasteiger partial charge on any atom is -0.371 e. The molecule has 1 saturated carbocycles. The van der Waals surface area contributed by atoms with Crippen molar-refractivity contribution < 1.29 is 17.7 Å². The van der Waals surface area contributed by atoms with Gasteiger partial charge in [-0.25, -0.2) is 8.42 Å². The van der Waals surface area contributed by atoms with Crippen LogP contribution in [0.5, 0.6) is 0 Å². The Balaban J connectivity index is 1.32. The number of rotatable bonds is 7. The van der Waals surface area contributed by atoms with Crippen LogP contribution in [0.25, 0.3) is 0 Å². The number of aromatic nitrogens is 2. The number of nitrogens with zero attached hydrogens (tertiary/aromatic N) is 3. The third-order valence-corrected chi connectivity index (χ3v) is 6.87. The molecule has 1 aromatic carbocycles. The average Bonchev–Trinajstić information content (AvgIpc) is 3.38. The molecule has 0 amide bonds. The Kier molecular flexibility index (Phi) is 5.06. The first-order valence-corrected chi connectivity index (χ1v) is 10.5. The number of piperidine rings is 1. The zero-order valence-corrected chi connectivity index (χ0v) is 15.4. The first-order chi connectivity index (χ1) is 12.6. The van der Waals surface area contributed by atoms with Crippen LogP contribution in [-0.4, -0.2) is 42.6 Å². The van der Waals surface area contributed by atoms with Gasteiger partial charge in [-0.05, 0) is 43.7 Å². The Morgan fingerprint density at radius 3 is 2.54 bits per heavy atom. The Morgan fingerprint density at radius 1 is 1.12 bits per heavy atom. The minimum atomic E-state index is -3.43. The van der Waals surface area contributed by atoms with E-state index < -0.39 is 10.0 Å². The van der Waals surface area contributed by atoms with Gasteiger partial charge in [-0.3, -0.25) is 0 Å². The molecule has 1 aliphatic heterocycles. The van der Waals surface area contributed by atoms with Crippen molar-refractivity contribution >= 4 is 10.0 Å². The Morgan fingerprint density at radius 2 is 1.85 bits per heavy atom. The smallest absolute Gasteiger partial charge is 0.252 e. The molecule has 1 aromatic heterocycles. The van der Waals surface area contributed by atoms with E-state index in [2.05, 4.69) is 10.1 Å². The lowest BCUT2D eigenvalue weighted by Crippen LogP contribution is -2.38. The fourth-order valence-corrected chi connectivity index (χ4v) is 4.68. The van der Waals surface area contributed by atoms with Gasteiger partial charge in [0.25, 0.3) is 5.89 Å². The lowest BCUT2D eigenvalue weighted by Gasteiger charge is -2.29. The van der Waals surface area contributed by atoms with E-state index in [9.17, 15) is 8.42 Å². The van der Waals surface area contributed by atoms with Crippen molar-refractivity contribution in [2.75, 3.05) is 19.7 Å². The summed E-state index contributed by atoms with van der Waals surface area (Å²) in [6, 6.07) is 8.56. The van der Waals surface area contributed by atoms with Crippen molar-refractivity contribution in [3.05, 3.63) is 42.0 Å². The summed E-state index contributed by atoms with van der Waals surface area (Å²) in [6.45, 7) is 2.03. The molecule has 2 fully saturated rings. The van der Waals surface area contributed by atoms with E-state index in [1.54, 1.807) is 28.6 Å².